The third-order valence-electron chi connectivity index (χ3n) is 2.06. The molecule has 1 heterocycles. The molecule has 1 aliphatic rings. The van der Waals surface area contributed by atoms with Crippen molar-refractivity contribution in [3.05, 3.63) is 35.7 Å². The summed E-state index contributed by atoms with van der Waals surface area (Å²) in [5.74, 6) is 0.870. The Labute approximate surface area is 87.0 Å². The van der Waals surface area contributed by atoms with Gasteiger partial charge >= 0.3 is 0 Å². The average molecular weight is 206 g/mol. The van der Waals surface area contributed by atoms with Gasteiger partial charge in [-0.15, -0.1) is 0 Å². The summed E-state index contributed by atoms with van der Waals surface area (Å²) in [4.78, 5) is 12.5. The van der Waals surface area contributed by atoms with Gasteiger partial charge in [-0.05, 0) is 23.6 Å². The zero-order chi connectivity index (χ0) is 9.97. The lowest BCUT2D eigenvalue weighted by molar-refractivity contribution is 0.0933. The van der Waals surface area contributed by atoms with E-state index in [9.17, 15) is 4.79 Å². The fraction of sp³-hybridized carbons (Fsp3) is 0.182. The minimum absolute atomic E-state index is 0.168. The summed E-state index contributed by atoms with van der Waals surface area (Å²) in [6.07, 6.45) is 0.487. The SMILES string of the molecule is C=CSc1ccc2c(c1)OCCC2=O. The van der Waals surface area contributed by atoms with Crippen molar-refractivity contribution in [3.8, 4) is 5.75 Å². The Balaban J connectivity index is 2.38. The van der Waals surface area contributed by atoms with Crippen molar-refractivity contribution in [2.45, 2.75) is 11.3 Å². The molecule has 0 unspecified atom stereocenters. The maximum atomic E-state index is 11.4. The second-order valence-corrected chi connectivity index (χ2v) is 4.00. The van der Waals surface area contributed by atoms with Crippen molar-refractivity contribution >= 4 is 17.5 Å². The Morgan fingerprint density at radius 3 is 3.14 bits per heavy atom. The summed E-state index contributed by atoms with van der Waals surface area (Å²) >= 11 is 1.52. The van der Waals surface area contributed by atoms with Crippen LogP contribution in [0.15, 0.2) is 35.1 Å². The molecule has 3 heteroatoms. The van der Waals surface area contributed by atoms with Crippen LogP contribution in [-0.4, -0.2) is 12.4 Å². The van der Waals surface area contributed by atoms with E-state index < -0.39 is 0 Å². The number of Topliss-reactive ketones (excluding diaryl/α,β-unsaturated/α-hetero) is 1. The number of rotatable bonds is 2. The third-order valence-corrected chi connectivity index (χ3v) is 2.75. The summed E-state index contributed by atoms with van der Waals surface area (Å²) in [5, 5.41) is 1.76. The van der Waals surface area contributed by atoms with Crippen molar-refractivity contribution in [1.82, 2.24) is 0 Å². The smallest absolute Gasteiger partial charge is 0.169 e. The van der Waals surface area contributed by atoms with Crippen molar-refractivity contribution in [2.75, 3.05) is 6.61 Å². The first-order valence-corrected chi connectivity index (χ1v) is 5.27. The number of benzene rings is 1. The Morgan fingerprint density at radius 2 is 2.36 bits per heavy atom. The molecule has 0 aromatic heterocycles. The van der Waals surface area contributed by atoms with Crippen LogP contribution >= 0.6 is 11.8 Å². The van der Waals surface area contributed by atoms with Crippen LogP contribution in [0, 0.1) is 0 Å². The van der Waals surface area contributed by atoms with Gasteiger partial charge < -0.3 is 4.74 Å². The van der Waals surface area contributed by atoms with Crippen LogP contribution < -0.4 is 4.74 Å². The van der Waals surface area contributed by atoms with Gasteiger partial charge in [0.25, 0.3) is 0 Å². The van der Waals surface area contributed by atoms with E-state index >= 15 is 0 Å². The lowest BCUT2D eigenvalue weighted by atomic mass is 10.1. The van der Waals surface area contributed by atoms with Crippen LogP contribution in [0.5, 0.6) is 5.75 Å². The zero-order valence-electron chi connectivity index (χ0n) is 7.66. The van der Waals surface area contributed by atoms with Gasteiger partial charge in [-0.2, -0.15) is 0 Å². The van der Waals surface area contributed by atoms with Gasteiger partial charge in [-0.25, -0.2) is 0 Å². The molecule has 2 nitrogen and oxygen atoms in total. The fourth-order valence-electron chi connectivity index (χ4n) is 1.41. The first-order chi connectivity index (χ1) is 6.81. The Bertz CT molecular complexity index is 385. The normalized spacial score (nSPS) is 14.4. The molecular formula is C11H10O2S. The number of thioether (sulfide) groups is 1. The number of hydrogen-bond donors (Lipinski definition) is 0. The molecule has 1 aromatic carbocycles. The minimum atomic E-state index is 0.168. The van der Waals surface area contributed by atoms with Crippen molar-refractivity contribution in [3.63, 3.8) is 0 Å². The van der Waals surface area contributed by atoms with E-state index in [1.165, 1.54) is 11.8 Å². The van der Waals surface area contributed by atoms with Crippen LogP contribution in [0.2, 0.25) is 0 Å². The second kappa shape index (κ2) is 3.88. The fourth-order valence-corrected chi connectivity index (χ4v) is 1.92. The highest BCUT2D eigenvalue weighted by molar-refractivity contribution is 8.02. The zero-order valence-corrected chi connectivity index (χ0v) is 8.47. The van der Waals surface area contributed by atoms with Gasteiger partial charge in [0.1, 0.15) is 5.75 Å². The molecule has 72 valence electrons. The van der Waals surface area contributed by atoms with Crippen LogP contribution in [0.1, 0.15) is 16.8 Å². The number of ether oxygens (including phenoxy) is 1. The van der Waals surface area contributed by atoms with Gasteiger partial charge in [0.05, 0.1) is 12.2 Å². The highest BCUT2D eigenvalue weighted by Crippen LogP contribution is 2.30. The van der Waals surface area contributed by atoms with Crippen molar-refractivity contribution < 1.29 is 9.53 Å². The van der Waals surface area contributed by atoms with Crippen LogP contribution in [0.3, 0.4) is 0 Å². The molecule has 0 bridgehead atoms. The summed E-state index contributed by atoms with van der Waals surface area (Å²) in [7, 11) is 0. The van der Waals surface area contributed by atoms with Gasteiger partial charge in [0.2, 0.25) is 0 Å². The van der Waals surface area contributed by atoms with E-state index in [1.807, 2.05) is 18.2 Å². The molecule has 0 atom stereocenters. The molecule has 0 saturated heterocycles. The van der Waals surface area contributed by atoms with Crippen molar-refractivity contribution in [1.29, 1.82) is 0 Å². The molecule has 0 aliphatic carbocycles. The highest BCUT2D eigenvalue weighted by Gasteiger charge is 2.18. The molecule has 0 radical (unpaired) electrons. The lowest BCUT2D eigenvalue weighted by Crippen LogP contribution is -2.14. The minimum Gasteiger partial charge on any atom is -0.492 e. The Kier molecular flexibility index (Phi) is 2.59. The molecule has 0 spiro atoms. The van der Waals surface area contributed by atoms with E-state index in [1.54, 1.807) is 5.41 Å². The van der Waals surface area contributed by atoms with Crippen LogP contribution in [0.25, 0.3) is 0 Å². The standard InChI is InChI=1S/C11H10O2S/c1-2-14-8-3-4-9-10(12)5-6-13-11(9)7-8/h2-4,7H,1,5-6H2. The van der Waals surface area contributed by atoms with Gasteiger partial charge in [0, 0.05) is 11.3 Å². The summed E-state index contributed by atoms with van der Waals surface area (Å²) in [5.41, 5.74) is 0.699. The number of hydrogen-bond acceptors (Lipinski definition) is 3. The van der Waals surface area contributed by atoms with Gasteiger partial charge in [-0.1, -0.05) is 18.3 Å². The van der Waals surface area contributed by atoms with Gasteiger partial charge in [0.15, 0.2) is 5.78 Å². The van der Waals surface area contributed by atoms with Crippen LogP contribution in [-0.2, 0) is 0 Å². The van der Waals surface area contributed by atoms with E-state index in [0.29, 0.717) is 24.3 Å². The third kappa shape index (κ3) is 1.68. The maximum absolute atomic E-state index is 11.4. The molecule has 0 saturated carbocycles. The predicted molar refractivity (Wildman–Crippen MR) is 56.9 cm³/mol. The first-order valence-electron chi connectivity index (χ1n) is 4.39. The quantitative estimate of drug-likeness (QED) is 0.696. The van der Waals surface area contributed by atoms with Crippen molar-refractivity contribution in [2.24, 2.45) is 0 Å². The highest BCUT2D eigenvalue weighted by atomic mass is 32.2. The second-order valence-electron chi connectivity index (χ2n) is 2.96. The number of carbonyl (C=O) groups is 1. The topological polar surface area (TPSA) is 26.3 Å². The Hall–Kier alpha value is -1.22. The van der Waals surface area contributed by atoms with E-state index in [2.05, 4.69) is 6.58 Å². The number of carbonyl (C=O) groups excluding carboxylic acids is 1. The summed E-state index contributed by atoms with van der Waals surface area (Å²) < 4.78 is 5.41. The van der Waals surface area contributed by atoms with E-state index in [4.69, 9.17) is 4.74 Å². The molecule has 1 aliphatic heterocycles. The van der Waals surface area contributed by atoms with E-state index in [0.717, 1.165) is 4.90 Å². The molecule has 0 N–H and O–H groups in total. The molecular weight excluding hydrogens is 196 g/mol. The molecule has 14 heavy (non-hydrogen) atoms. The van der Waals surface area contributed by atoms with Crippen LogP contribution in [0.4, 0.5) is 0 Å². The largest absolute Gasteiger partial charge is 0.492 e. The molecule has 0 fully saturated rings. The van der Waals surface area contributed by atoms with E-state index in [-0.39, 0.29) is 5.78 Å². The summed E-state index contributed by atoms with van der Waals surface area (Å²) in [6, 6.07) is 5.62. The first kappa shape index (κ1) is 9.34. The Morgan fingerprint density at radius 1 is 1.50 bits per heavy atom. The molecule has 0 amide bonds. The maximum Gasteiger partial charge on any atom is 0.169 e. The number of fused-ring (bicyclic) bond motifs is 1. The lowest BCUT2D eigenvalue weighted by Gasteiger charge is -2.16. The predicted octanol–water partition coefficient (Wildman–Crippen LogP) is 2.89. The molecule has 1 aromatic rings. The summed E-state index contributed by atoms with van der Waals surface area (Å²) in [6.45, 7) is 4.13. The number of ketones is 1. The molecule has 2 rings (SSSR count). The monoisotopic (exact) mass is 206 g/mol. The van der Waals surface area contributed by atoms with Gasteiger partial charge in [-0.3, -0.25) is 4.79 Å². The average Bonchev–Trinajstić information content (AvgIpc) is 2.18.